The predicted octanol–water partition coefficient (Wildman–Crippen LogP) is 5.84. The van der Waals surface area contributed by atoms with Gasteiger partial charge in [-0.05, 0) is 48.5 Å². The number of fused-ring (bicyclic) bond motifs is 1. The van der Waals surface area contributed by atoms with Crippen LogP contribution in [0.3, 0.4) is 0 Å². The highest BCUT2D eigenvalue weighted by atomic mass is 35.5. The quantitative estimate of drug-likeness (QED) is 0.288. The third-order valence-electron chi connectivity index (χ3n) is 5.25. The van der Waals surface area contributed by atoms with E-state index in [1.165, 1.54) is 31.6 Å². The van der Waals surface area contributed by atoms with Crippen molar-refractivity contribution >= 4 is 51.7 Å². The summed E-state index contributed by atoms with van der Waals surface area (Å²) in [6.07, 6.45) is 4.39. The molecule has 0 saturated carbocycles. The van der Waals surface area contributed by atoms with Crippen LogP contribution in [0.4, 0.5) is 21.6 Å². The van der Waals surface area contributed by atoms with Gasteiger partial charge in [0.15, 0.2) is 0 Å². The first-order valence-electron chi connectivity index (χ1n) is 10.7. The molecular formula is C26H22ClFN4O4. The number of carbonyl (C=O) groups excluding carboxylic acids is 1. The molecule has 0 aliphatic heterocycles. The molecule has 10 heteroatoms. The Morgan fingerprint density at radius 3 is 2.50 bits per heavy atom. The second-order valence-electron chi connectivity index (χ2n) is 7.48. The van der Waals surface area contributed by atoms with E-state index in [0.29, 0.717) is 50.9 Å². The molecule has 0 fully saturated rings. The molecule has 0 aliphatic rings. The van der Waals surface area contributed by atoms with Gasteiger partial charge in [0, 0.05) is 28.8 Å². The number of hydrogen-bond acceptors (Lipinski definition) is 7. The molecule has 36 heavy (non-hydrogen) atoms. The van der Waals surface area contributed by atoms with E-state index in [9.17, 15) is 9.18 Å². The van der Waals surface area contributed by atoms with Gasteiger partial charge in [0.1, 0.15) is 35.2 Å². The van der Waals surface area contributed by atoms with Crippen LogP contribution >= 0.6 is 11.6 Å². The minimum atomic E-state index is -0.524. The van der Waals surface area contributed by atoms with Crippen LogP contribution in [0.5, 0.6) is 17.2 Å². The van der Waals surface area contributed by atoms with Crippen LogP contribution in [0.15, 0.2) is 60.9 Å². The van der Waals surface area contributed by atoms with Crippen LogP contribution in [0, 0.1) is 5.82 Å². The van der Waals surface area contributed by atoms with E-state index in [-0.39, 0.29) is 5.02 Å². The lowest BCUT2D eigenvalue weighted by Gasteiger charge is -2.13. The van der Waals surface area contributed by atoms with Gasteiger partial charge in [-0.1, -0.05) is 11.6 Å². The van der Waals surface area contributed by atoms with E-state index in [1.807, 2.05) is 0 Å². The Bertz CT molecular complexity index is 1460. The van der Waals surface area contributed by atoms with Crippen LogP contribution in [-0.2, 0) is 4.79 Å². The number of hydrogen-bond donors (Lipinski definition) is 2. The van der Waals surface area contributed by atoms with Gasteiger partial charge in [-0.2, -0.15) is 0 Å². The highest BCUT2D eigenvalue weighted by molar-refractivity contribution is 6.31. The van der Waals surface area contributed by atoms with Crippen molar-refractivity contribution < 1.29 is 23.4 Å². The lowest BCUT2D eigenvalue weighted by atomic mass is 10.1. The van der Waals surface area contributed by atoms with Crippen LogP contribution in [-0.4, -0.2) is 37.2 Å². The average Bonchev–Trinajstić information content (AvgIpc) is 2.89. The van der Waals surface area contributed by atoms with Gasteiger partial charge in [-0.3, -0.25) is 4.79 Å². The molecule has 0 radical (unpaired) electrons. The highest BCUT2D eigenvalue weighted by Crippen LogP contribution is 2.34. The Morgan fingerprint density at radius 2 is 1.78 bits per heavy atom. The van der Waals surface area contributed by atoms with Crippen LogP contribution < -0.4 is 24.8 Å². The van der Waals surface area contributed by atoms with Gasteiger partial charge < -0.3 is 24.8 Å². The maximum Gasteiger partial charge on any atom is 0.248 e. The molecule has 4 aromatic rings. The zero-order valence-electron chi connectivity index (χ0n) is 19.6. The topological polar surface area (TPSA) is 94.6 Å². The van der Waals surface area contributed by atoms with Crippen molar-refractivity contribution in [2.45, 2.75) is 0 Å². The second kappa shape index (κ2) is 10.9. The number of anilines is 3. The SMILES string of the molecule is COc1ccc(OC)c(C=CC(=O)Nc2cc3c(Nc4ccc(F)c(Cl)c4)ncnc3cc2OC)c1. The number of carbonyl (C=O) groups is 1. The molecule has 184 valence electrons. The lowest BCUT2D eigenvalue weighted by Crippen LogP contribution is -2.09. The van der Waals surface area contributed by atoms with Crippen molar-refractivity contribution in [3.05, 3.63) is 77.3 Å². The number of aromatic nitrogens is 2. The third kappa shape index (κ3) is 5.47. The summed E-state index contributed by atoms with van der Waals surface area (Å²) in [7, 11) is 4.60. The molecule has 0 aliphatic carbocycles. The van der Waals surface area contributed by atoms with E-state index in [1.54, 1.807) is 56.7 Å². The number of amides is 1. The largest absolute Gasteiger partial charge is 0.497 e. The maximum absolute atomic E-state index is 13.5. The van der Waals surface area contributed by atoms with Gasteiger partial charge >= 0.3 is 0 Å². The number of nitrogens with zero attached hydrogens (tertiary/aromatic N) is 2. The molecule has 1 heterocycles. The number of benzene rings is 3. The molecule has 0 spiro atoms. The van der Waals surface area contributed by atoms with E-state index in [0.717, 1.165) is 0 Å². The summed E-state index contributed by atoms with van der Waals surface area (Å²) in [6.45, 7) is 0. The summed E-state index contributed by atoms with van der Waals surface area (Å²) in [5.74, 6) is 1.17. The third-order valence-corrected chi connectivity index (χ3v) is 5.54. The number of methoxy groups -OCH3 is 3. The Labute approximate surface area is 211 Å². The fourth-order valence-electron chi connectivity index (χ4n) is 3.47. The summed E-state index contributed by atoms with van der Waals surface area (Å²) in [5.41, 5.74) is 2.20. The standard InChI is InChI=1S/C26H22ClFN4O4/c1-34-17-6-8-23(35-2)15(10-17)4-9-25(33)32-22-12-18-21(13-24(22)36-3)29-14-30-26(18)31-16-5-7-20(28)19(27)11-16/h4-14H,1-3H3,(H,32,33)(H,29,30,31). The first-order chi connectivity index (χ1) is 17.4. The van der Waals surface area contributed by atoms with Crippen molar-refractivity contribution in [3.63, 3.8) is 0 Å². The minimum absolute atomic E-state index is 0.0209. The number of halogens is 2. The minimum Gasteiger partial charge on any atom is -0.497 e. The van der Waals surface area contributed by atoms with E-state index in [2.05, 4.69) is 20.6 Å². The highest BCUT2D eigenvalue weighted by Gasteiger charge is 2.13. The van der Waals surface area contributed by atoms with Gasteiger partial charge in [0.05, 0.1) is 37.6 Å². The normalized spacial score (nSPS) is 10.9. The molecule has 0 bridgehead atoms. The van der Waals surface area contributed by atoms with Crippen molar-refractivity contribution in [1.82, 2.24) is 9.97 Å². The zero-order chi connectivity index (χ0) is 25.7. The Kier molecular flexibility index (Phi) is 7.50. The first-order valence-corrected chi connectivity index (χ1v) is 11.1. The van der Waals surface area contributed by atoms with Crippen LogP contribution in [0.25, 0.3) is 17.0 Å². The van der Waals surface area contributed by atoms with Crippen molar-refractivity contribution in [2.75, 3.05) is 32.0 Å². The van der Waals surface area contributed by atoms with Gasteiger partial charge in [-0.15, -0.1) is 0 Å². The smallest absolute Gasteiger partial charge is 0.248 e. The van der Waals surface area contributed by atoms with Gasteiger partial charge in [-0.25, -0.2) is 14.4 Å². The predicted molar refractivity (Wildman–Crippen MR) is 138 cm³/mol. The second-order valence-corrected chi connectivity index (χ2v) is 7.88. The molecule has 0 saturated heterocycles. The Hall–Kier alpha value is -4.37. The summed E-state index contributed by atoms with van der Waals surface area (Å²) in [5, 5.41) is 6.51. The average molecular weight is 509 g/mol. The molecule has 1 amide bonds. The van der Waals surface area contributed by atoms with Crippen molar-refractivity contribution in [1.29, 1.82) is 0 Å². The van der Waals surface area contributed by atoms with E-state index >= 15 is 0 Å². The number of ether oxygens (including phenoxy) is 3. The summed E-state index contributed by atoms with van der Waals surface area (Å²) in [4.78, 5) is 21.3. The summed E-state index contributed by atoms with van der Waals surface area (Å²) in [6, 6.07) is 12.9. The lowest BCUT2D eigenvalue weighted by molar-refractivity contribution is -0.111. The molecular weight excluding hydrogens is 487 g/mol. The molecule has 1 aromatic heterocycles. The Balaban J connectivity index is 1.63. The van der Waals surface area contributed by atoms with Crippen LogP contribution in [0.2, 0.25) is 5.02 Å². The van der Waals surface area contributed by atoms with Crippen LogP contribution in [0.1, 0.15) is 5.56 Å². The summed E-state index contributed by atoms with van der Waals surface area (Å²) < 4.78 is 29.6. The molecule has 2 N–H and O–H groups in total. The first kappa shape index (κ1) is 24.7. The molecule has 0 unspecified atom stereocenters. The fourth-order valence-corrected chi connectivity index (χ4v) is 3.65. The van der Waals surface area contributed by atoms with E-state index < -0.39 is 11.7 Å². The monoisotopic (exact) mass is 508 g/mol. The van der Waals surface area contributed by atoms with E-state index in [4.69, 9.17) is 25.8 Å². The molecule has 8 nitrogen and oxygen atoms in total. The van der Waals surface area contributed by atoms with Gasteiger partial charge in [0.2, 0.25) is 5.91 Å². The fraction of sp³-hybridized carbons (Fsp3) is 0.115. The van der Waals surface area contributed by atoms with Gasteiger partial charge in [0.25, 0.3) is 0 Å². The molecule has 3 aromatic carbocycles. The zero-order valence-corrected chi connectivity index (χ0v) is 20.4. The molecule has 4 rings (SSSR count). The van der Waals surface area contributed by atoms with Crippen molar-refractivity contribution in [2.24, 2.45) is 0 Å². The van der Waals surface area contributed by atoms with Crippen molar-refractivity contribution in [3.8, 4) is 17.2 Å². The number of rotatable bonds is 8. The summed E-state index contributed by atoms with van der Waals surface area (Å²) >= 11 is 5.90. The maximum atomic E-state index is 13.5. The number of nitrogens with one attached hydrogen (secondary N) is 2. The molecule has 0 atom stereocenters. The Morgan fingerprint density at radius 1 is 0.972 bits per heavy atom.